The Labute approximate surface area is 54.0 Å². The van der Waals surface area contributed by atoms with Crippen LogP contribution in [0.1, 0.15) is 13.3 Å². The summed E-state index contributed by atoms with van der Waals surface area (Å²) in [6.45, 7) is 1.82. The predicted molar refractivity (Wildman–Crippen MR) is 35.5 cm³/mol. The first-order chi connectivity index (χ1) is 4.20. The highest BCUT2D eigenvalue weighted by Crippen LogP contribution is 2.15. The Morgan fingerprint density at radius 3 is 2.89 bits per heavy atom. The van der Waals surface area contributed by atoms with Gasteiger partial charge in [0.1, 0.15) is 6.17 Å². The Bertz CT molecular complexity index is 170. The first-order valence-electron chi connectivity index (χ1n) is 2.98. The van der Waals surface area contributed by atoms with Crippen LogP contribution in [0.15, 0.2) is 23.4 Å². The van der Waals surface area contributed by atoms with Gasteiger partial charge in [0.2, 0.25) is 0 Å². The van der Waals surface area contributed by atoms with Crippen molar-refractivity contribution >= 4 is 0 Å². The van der Waals surface area contributed by atoms with Crippen molar-refractivity contribution in [2.45, 2.75) is 19.5 Å². The summed E-state index contributed by atoms with van der Waals surface area (Å²) < 4.78 is 12.4. The number of allylic oxidation sites excluding steroid dienone is 3. The molecular formula is C7H10FN. The summed E-state index contributed by atoms with van der Waals surface area (Å²) in [6, 6.07) is 0. The Morgan fingerprint density at radius 1 is 1.78 bits per heavy atom. The molecule has 50 valence electrons. The van der Waals surface area contributed by atoms with Gasteiger partial charge in [-0.3, -0.25) is 0 Å². The fourth-order valence-corrected chi connectivity index (χ4v) is 0.836. The van der Waals surface area contributed by atoms with Gasteiger partial charge in [-0.25, -0.2) is 4.39 Å². The highest BCUT2D eigenvalue weighted by atomic mass is 19.1. The molecule has 0 bridgehead atoms. The molecule has 0 radical (unpaired) electrons. The van der Waals surface area contributed by atoms with Crippen molar-refractivity contribution in [1.29, 1.82) is 0 Å². The van der Waals surface area contributed by atoms with Crippen molar-refractivity contribution in [2.24, 2.45) is 5.73 Å². The molecule has 1 nitrogen and oxygen atoms in total. The fraction of sp³-hybridized carbons (Fsp3) is 0.429. The van der Waals surface area contributed by atoms with Crippen molar-refractivity contribution in [3.8, 4) is 0 Å². The minimum absolute atomic E-state index is 0.434. The van der Waals surface area contributed by atoms with E-state index in [2.05, 4.69) is 0 Å². The number of rotatable bonds is 0. The van der Waals surface area contributed by atoms with Gasteiger partial charge in [-0.15, -0.1) is 0 Å². The lowest BCUT2D eigenvalue weighted by Gasteiger charge is -2.09. The summed E-state index contributed by atoms with van der Waals surface area (Å²) in [4.78, 5) is 0. The molecule has 1 unspecified atom stereocenters. The third-order valence-electron chi connectivity index (χ3n) is 1.45. The van der Waals surface area contributed by atoms with Crippen LogP contribution >= 0.6 is 0 Å². The van der Waals surface area contributed by atoms with E-state index in [1.165, 1.54) is 0 Å². The van der Waals surface area contributed by atoms with E-state index in [-0.39, 0.29) is 0 Å². The van der Waals surface area contributed by atoms with Crippen LogP contribution in [-0.4, -0.2) is 6.17 Å². The topological polar surface area (TPSA) is 26.0 Å². The highest BCUT2D eigenvalue weighted by molar-refractivity contribution is 5.30. The molecule has 0 aromatic carbocycles. The molecule has 0 aromatic rings. The van der Waals surface area contributed by atoms with E-state index in [4.69, 9.17) is 5.73 Å². The summed E-state index contributed by atoms with van der Waals surface area (Å²) in [6.07, 6.45) is 2.88. The second kappa shape index (κ2) is 2.21. The van der Waals surface area contributed by atoms with Gasteiger partial charge in [0.05, 0.1) is 0 Å². The zero-order valence-electron chi connectivity index (χ0n) is 5.39. The normalized spacial score (nSPS) is 27.1. The van der Waals surface area contributed by atoms with Crippen LogP contribution in [0.2, 0.25) is 0 Å². The average Bonchev–Trinajstić information content (AvgIpc) is 1.80. The number of hydrogen-bond donors (Lipinski definition) is 1. The average molecular weight is 127 g/mol. The quantitative estimate of drug-likeness (QED) is 0.524. The number of alkyl halides is 1. The smallest absolute Gasteiger partial charge is 0.122 e. The monoisotopic (exact) mass is 127 g/mol. The van der Waals surface area contributed by atoms with Crippen molar-refractivity contribution in [3.05, 3.63) is 23.4 Å². The lowest BCUT2D eigenvalue weighted by Crippen LogP contribution is -2.08. The van der Waals surface area contributed by atoms with Crippen molar-refractivity contribution < 1.29 is 4.39 Å². The number of nitrogens with two attached hydrogens (primary N) is 1. The highest BCUT2D eigenvalue weighted by Gasteiger charge is 2.07. The molecule has 0 spiro atoms. The minimum Gasteiger partial charge on any atom is -0.399 e. The molecule has 2 N–H and O–H groups in total. The first-order valence-corrected chi connectivity index (χ1v) is 2.98. The van der Waals surface area contributed by atoms with E-state index in [0.29, 0.717) is 12.1 Å². The van der Waals surface area contributed by atoms with Gasteiger partial charge in [-0.2, -0.15) is 0 Å². The molecule has 0 aliphatic heterocycles. The van der Waals surface area contributed by atoms with Crippen LogP contribution in [0, 0.1) is 0 Å². The largest absolute Gasteiger partial charge is 0.399 e. The maximum Gasteiger partial charge on any atom is 0.122 e. The van der Waals surface area contributed by atoms with E-state index < -0.39 is 6.17 Å². The second-order valence-electron chi connectivity index (χ2n) is 2.26. The fourth-order valence-electron chi connectivity index (χ4n) is 0.836. The van der Waals surface area contributed by atoms with Crippen LogP contribution < -0.4 is 5.73 Å². The SMILES string of the molecule is CC1=CC(F)CC=C1N. The molecule has 1 atom stereocenters. The van der Waals surface area contributed by atoms with Crippen molar-refractivity contribution in [1.82, 2.24) is 0 Å². The van der Waals surface area contributed by atoms with Crippen LogP contribution in [-0.2, 0) is 0 Å². The van der Waals surface area contributed by atoms with E-state index in [1.807, 2.05) is 6.92 Å². The zero-order chi connectivity index (χ0) is 6.85. The molecule has 1 aliphatic carbocycles. The van der Waals surface area contributed by atoms with Crippen molar-refractivity contribution in [3.63, 3.8) is 0 Å². The lowest BCUT2D eigenvalue weighted by atomic mass is 10.0. The Balaban J connectivity index is 2.75. The molecule has 9 heavy (non-hydrogen) atoms. The Hall–Kier alpha value is -0.790. The van der Waals surface area contributed by atoms with E-state index in [9.17, 15) is 4.39 Å². The second-order valence-corrected chi connectivity index (χ2v) is 2.26. The van der Waals surface area contributed by atoms with E-state index in [1.54, 1.807) is 12.2 Å². The summed E-state index contributed by atoms with van der Waals surface area (Å²) in [5.41, 5.74) is 7.03. The van der Waals surface area contributed by atoms with E-state index in [0.717, 1.165) is 5.57 Å². The van der Waals surface area contributed by atoms with Gasteiger partial charge in [0, 0.05) is 12.1 Å². The summed E-state index contributed by atoms with van der Waals surface area (Å²) in [5, 5.41) is 0. The minimum atomic E-state index is -0.822. The van der Waals surface area contributed by atoms with Gasteiger partial charge in [-0.1, -0.05) is 6.08 Å². The first kappa shape index (κ1) is 6.33. The van der Waals surface area contributed by atoms with Crippen molar-refractivity contribution in [2.75, 3.05) is 0 Å². The van der Waals surface area contributed by atoms with Gasteiger partial charge >= 0.3 is 0 Å². The molecule has 0 heterocycles. The summed E-state index contributed by atoms with van der Waals surface area (Å²) in [7, 11) is 0. The molecule has 0 amide bonds. The lowest BCUT2D eigenvalue weighted by molar-refractivity contribution is 0.398. The molecule has 0 fully saturated rings. The predicted octanol–water partition coefficient (Wildman–Crippen LogP) is 1.52. The Kier molecular flexibility index (Phi) is 1.56. The van der Waals surface area contributed by atoms with Gasteiger partial charge in [0.15, 0.2) is 0 Å². The molecule has 2 heteroatoms. The maximum absolute atomic E-state index is 12.4. The third kappa shape index (κ3) is 1.31. The molecule has 0 saturated heterocycles. The third-order valence-corrected chi connectivity index (χ3v) is 1.45. The molecule has 1 rings (SSSR count). The van der Waals surface area contributed by atoms with Gasteiger partial charge in [-0.05, 0) is 18.6 Å². The Morgan fingerprint density at radius 2 is 2.44 bits per heavy atom. The zero-order valence-corrected chi connectivity index (χ0v) is 5.39. The van der Waals surface area contributed by atoms with E-state index >= 15 is 0 Å². The molecule has 0 aromatic heterocycles. The van der Waals surface area contributed by atoms with Gasteiger partial charge in [0.25, 0.3) is 0 Å². The maximum atomic E-state index is 12.4. The van der Waals surface area contributed by atoms with Crippen LogP contribution in [0.3, 0.4) is 0 Å². The van der Waals surface area contributed by atoms with Crippen LogP contribution in [0.25, 0.3) is 0 Å². The van der Waals surface area contributed by atoms with Crippen LogP contribution in [0.5, 0.6) is 0 Å². The summed E-state index contributed by atoms with van der Waals surface area (Å²) in [5.74, 6) is 0. The number of halogens is 1. The molecular weight excluding hydrogens is 117 g/mol. The standard InChI is InChI=1S/C7H10FN/c1-5-4-6(8)2-3-7(5)9/h3-4,6H,2,9H2,1H3. The molecule has 0 saturated carbocycles. The number of hydrogen-bond acceptors (Lipinski definition) is 1. The summed E-state index contributed by atoms with van der Waals surface area (Å²) >= 11 is 0. The van der Waals surface area contributed by atoms with Gasteiger partial charge < -0.3 is 5.73 Å². The molecule has 1 aliphatic rings. The van der Waals surface area contributed by atoms with Crippen LogP contribution in [0.4, 0.5) is 4.39 Å².